The number of benzene rings is 2. The Morgan fingerprint density at radius 2 is 1.48 bits per heavy atom. The molecule has 0 spiro atoms. The summed E-state index contributed by atoms with van der Waals surface area (Å²) in [5.74, 6) is -1.66. The molecule has 61 heavy (non-hydrogen) atoms. The Bertz CT molecular complexity index is 2300. The molecule has 1 atom stereocenters. The molecule has 2 aliphatic carbocycles. The maximum absolute atomic E-state index is 14.2. The Morgan fingerprint density at radius 3 is 2.15 bits per heavy atom. The van der Waals surface area contributed by atoms with Gasteiger partial charge in [-0.1, -0.05) is 89.5 Å². The monoisotopic (exact) mass is 856 g/mol. The fourth-order valence-electron chi connectivity index (χ4n) is 9.57. The number of fused-ring (bicyclic) bond motifs is 2. The number of amides is 2. The summed E-state index contributed by atoms with van der Waals surface area (Å²) < 4.78 is 45.5. The van der Waals surface area contributed by atoms with Crippen LogP contribution < -0.4 is 4.90 Å². The van der Waals surface area contributed by atoms with Crippen LogP contribution in [0.25, 0.3) is 0 Å². The van der Waals surface area contributed by atoms with Crippen molar-refractivity contribution in [2.75, 3.05) is 38.4 Å². The number of allylic oxidation sites excluding steroid dienone is 8. The molecule has 1 unspecified atom stereocenters. The summed E-state index contributed by atoms with van der Waals surface area (Å²) in [5, 5.41) is 0.563. The molecular formula is C48H60N2O10S. The predicted molar refractivity (Wildman–Crippen MR) is 232 cm³/mol. The van der Waals surface area contributed by atoms with Gasteiger partial charge in [0.1, 0.15) is 0 Å². The second-order valence-corrected chi connectivity index (χ2v) is 19.3. The first-order chi connectivity index (χ1) is 28.8. The molecule has 0 aromatic heterocycles. The normalized spacial score (nSPS) is 23.5. The zero-order valence-electron chi connectivity index (χ0n) is 36.6. The maximum atomic E-state index is 14.2. The summed E-state index contributed by atoms with van der Waals surface area (Å²) in [5.41, 5.74) is 7.32. The number of aryl methyl sites for hydroxylation is 1. The van der Waals surface area contributed by atoms with Crippen LogP contribution in [-0.4, -0.2) is 75.1 Å². The van der Waals surface area contributed by atoms with Crippen molar-refractivity contribution in [1.82, 2.24) is 5.06 Å². The molecular weight excluding hydrogens is 797 g/mol. The van der Waals surface area contributed by atoms with E-state index in [-0.39, 0.29) is 35.4 Å². The van der Waals surface area contributed by atoms with Crippen LogP contribution in [0.2, 0.25) is 0 Å². The van der Waals surface area contributed by atoms with E-state index in [1.807, 2.05) is 32.1 Å². The lowest BCUT2D eigenvalue weighted by molar-refractivity contribution is -0.197. The summed E-state index contributed by atoms with van der Waals surface area (Å²) in [7, 11) is -2.80. The van der Waals surface area contributed by atoms with E-state index in [9.17, 15) is 32.1 Å². The average molecular weight is 857 g/mol. The zero-order chi connectivity index (χ0) is 44.3. The van der Waals surface area contributed by atoms with Crippen molar-refractivity contribution in [3.05, 3.63) is 105 Å². The Kier molecular flexibility index (Phi) is 13.8. The second kappa shape index (κ2) is 18.3. The number of nitrogens with zero attached hydrogens (tertiary/aromatic N) is 2. The highest BCUT2D eigenvalue weighted by molar-refractivity contribution is 7.85. The van der Waals surface area contributed by atoms with Crippen LogP contribution in [-0.2, 0) is 59.9 Å². The molecule has 0 radical (unpaired) electrons. The number of ketones is 1. The van der Waals surface area contributed by atoms with Gasteiger partial charge in [0, 0.05) is 60.5 Å². The van der Waals surface area contributed by atoms with Gasteiger partial charge in [0.2, 0.25) is 0 Å². The second-order valence-electron chi connectivity index (χ2n) is 17.8. The Morgan fingerprint density at radius 1 is 0.787 bits per heavy atom. The topological polar surface area (TPSA) is 157 Å². The minimum atomic E-state index is -4.46. The van der Waals surface area contributed by atoms with Crippen molar-refractivity contribution < 1.29 is 46.5 Å². The lowest BCUT2D eigenvalue weighted by Gasteiger charge is -2.32. The molecule has 4 aliphatic rings. The van der Waals surface area contributed by atoms with E-state index in [0.717, 1.165) is 40.1 Å². The van der Waals surface area contributed by atoms with Crippen LogP contribution in [0, 0.1) is 6.92 Å². The van der Waals surface area contributed by atoms with Crippen LogP contribution in [0.3, 0.4) is 0 Å². The summed E-state index contributed by atoms with van der Waals surface area (Å²) in [4.78, 5) is 57.6. The average Bonchev–Trinajstić information content (AvgIpc) is 3.69. The van der Waals surface area contributed by atoms with Crippen molar-refractivity contribution in [3.63, 3.8) is 0 Å². The highest BCUT2D eigenvalue weighted by atomic mass is 32.2. The number of carbonyl (C=O) groups excluding carboxylic acids is 4. The summed E-state index contributed by atoms with van der Waals surface area (Å²) >= 11 is 0. The third kappa shape index (κ3) is 9.55. The van der Waals surface area contributed by atoms with Gasteiger partial charge in [0.15, 0.2) is 5.78 Å². The van der Waals surface area contributed by atoms with E-state index >= 15 is 0 Å². The van der Waals surface area contributed by atoms with E-state index in [1.54, 1.807) is 19.2 Å². The Hall–Kier alpha value is -4.69. The lowest BCUT2D eigenvalue weighted by Crippen LogP contribution is -2.31. The lowest BCUT2D eigenvalue weighted by atomic mass is 9.71. The molecule has 2 fully saturated rings. The van der Waals surface area contributed by atoms with Crippen LogP contribution >= 0.6 is 0 Å². The van der Waals surface area contributed by atoms with Crippen molar-refractivity contribution in [2.45, 2.75) is 127 Å². The summed E-state index contributed by atoms with van der Waals surface area (Å²) in [6, 6.07) is 11.3. The third-order valence-electron chi connectivity index (χ3n) is 12.9. The number of rotatable bonds is 16. The van der Waals surface area contributed by atoms with E-state index in [0.29, 0.717) is 75.5 Å². The fourth-order valence-corrected chi connectivity index (χ4v) is 10.1. The zero-order valence-corrected chi connectivity index (χ0v) is 37.4. The third-order valence-corrected chi connectivity index (χ3v) is 13.7. The maximum Gasteiger partial charge on any atom is 0.333 e. The highest BCUT2D eigenvalue weighted by Crippen LogP contribution is 2.56. The van der Waals surface area contributed by atoms with Crippen molar-refractivity contribution in [2.24, 2.45) is 0 Å². The van der Waals surface area contributed by atoms with E-state index in [2.05, 4.69) is 56.9 Å². The summed E-state index contributed by atoms with van der Waals surface area (Å²) in [6.07, 6.45) is 12.8. The van der Waals surface area contributed by atoms with Crippen molar-refractivity contribution in [3.8, 4) is 0 Å². The first kappa shape index (κ1) is 45.8. The van der Waals surface area contributed by atoms with Crippen molar-refractivity contribution >= 4 is 39.4 Å². The standard InChI is InChI=1S/C48H60N2O10S/c1-32-15-20-39-38(30-32)47(4,5)41(49(39)26-27-59-29-28-58-7)22-17-34-13-11-12-33(45(34)54)16-21-40-46(2,3)37-31-35(61(55,56)57)18-19-36(37)48(40,6)25-10-8-9-14-44(53)60-50-42(51)23-24-43(50)52/h15-22,30-31H,8-14,23-29H2,1-7H3,(H,55,56,57). The van der Waals surface area contributed by atoms with E-state index in [4.69, 9.17) is 14.3 Å². The highest BCUT2D eigenvalue weighted by Gasteiger charge is 2.49. The van der Waals surface area contributed by atoms with Gasteiger partial charge in [-0.15, -0.1) is 5.06 Å². The molecule has 328 valence electrons. The van der Waals surface area contributed by atoms with Gasteiger partial charge < -0.3 is 19.2 Å². The Balaban J connectivity index is 1.25. The van der Waals surface area contributed by atoms with Crippen LogP contribution in [0.5, 0.6) is 0 Å². The van der Waals surface area contributed by atoms with Crippen molar-refractivity contribution in [1.29, 1.82) is 0 Å². The molecule has 0 bridgehead atoms. The van der Waals surface area contributed by atoms with Gasteiger partial charge in [-0.05, 0) is 96.7 Å². The number of unbranched alkanes of at least 4 members (excludes halogenated alkanes) is 2. The van der Waals surface area contributed by atoms with Gasteiger partial charge in [0.25, 0.3) is 21.9 Å². The molecule has 2 amide bonds. The number of hydrogen-bond donors (Lipinski definition) is 1. The molecule has 12 nitrogen and oxygen atoms in total. The van der Waals surface area contributed by atoms with Crippen LogP contribution in [0.15, 0.2) is 88.0 Å². The molecule has 13 heteroatoms. The van der Waals surface area contributed by atoms with Gasteiger partial charge in [-0.2, -0.15) is 8.42 Å². The molecule has 2 aromatic rings. The first-order valence-electron chi connectivity index (χ1n) is 21.3. The molecule has 2 aromatic carbocycles. The number of Topliss-reactive ketones (excluding diaryl/α,β-unsaturated/α-hetero) is 1. The molecule has 6 rings (SSSR count). The fraction of sp³-hybridized carbons (Fsp3) is 0.500. The number of carbonyl (C=O) groups is 4. The number of hydroxylamine groups is 2. The van der Waals surface area contributed by atoms with Gasteiger partial charge in [0.05, 0.1) is 24.7 Å². The minimum absolute atomic E-state index is 0.00598. The largest absolute Gasteiger partial charge is 0.382 e. The van der Waals surface area contributed by atoms with E-state index in [1.165, 1.54) is 17.2 Å². The van der Waals surface area contributed by atoms with E-state index < -0.39 is 38.7 Å². The molecule has 2 aliphatic heterocycles. The SMILES string of the molecule is COCCOCCN1C(=CC=C2CCCC(=CC=C3C(C)(C)c4cc(S(=O)(=O)O)ccc4C3(C)CCCCCC(=O)ON3C(=O)CCC3=O)C2=O)C(C)(C)c2cc(C)ccc21. The number of ether oxygens (including phenoxy) is 2. The Labute approximate surface area is 360 Å². The quantitative estimate of drug-likeness (QED) is 0.0751. The minimum Gasteiger partial charge on any atom is -0.382 e. The van der Waals surface area contributed by atoms with Crippen LogP contribution in [0.4, 0.5) is 5.69 Å². The van der Waals surface area contributed by atoms with Gasteiger partial charge >= 0.3 is 5.97 Å². The smallest absolute Gasteiger partial charge is 0.333 e. The predicted octanol–water partition coefficient (Wildman–Crippen LogP) is 8.23. The van der Waals surface area contributed by atoms with Crippen LogP contribution in [0.1, 0.15) is 121 Å². The molecule has 2 heterocycles. The van der Waals surface area contributed by atoms with Gasteiger partial charge in [-0.3, -0.25) is 18.9 Å². The number of hydrogen-bond acceptors (Lipinski definition) is 10. The van der Waals surface area contributed by atoms with Gasteiger partial charge in [-0.25, -0.2) is 4.79 Å². The molecule has 1 saturated carbocycles. The molecule has 1 saturated heterocycles. The molecule has 1 N–H and O–H groups in total. The number of methoxy groups -OCH3 is 1. The first-order valence-corrected chi connectivity index (χ1v) is 22.8. The number of imide groups is 1. The number of anilines is 1. The summed E-state index contributed by atoms with van der Waals surface area (Å²) in [6.45, 7) is 14.9.